The number of rotatable bonds is 9. The number of ether oxygens (including phenoxy) is 2. The summed E-state index contributed by atoms with van der Waals surface area (Å²) in [6, 6.07) is 1.40. The van der Waals surface area contributed by atoms with Crippen molar-refractivity contribution in [1.29, 1.82) is 0 Å². The average Bonchev–Trinajstić information content (AvgIpc) is 2.42. The van der Waals surface area contributed by atoms with Crippen LogP contribution in [0.25, 0.3) is 0 Å². The van der Waals surface area contributed by atoms with Gasteiger partial charge >= 0.3 is 0 Å². The molecule has 0 radical (unpaired) electrons. The molecule has 1 rings (SSSR count). The van der Waals surface area contributed by atoms with Gasteiger partial charge in [-0.3, -0.25) is 4.90 Å². The van der Waals surface area contributed by atoms with E-state index in [0.717, 1.165) is 32.7 Å². The minimum absolute atomic E-state index is 0.691. The van der Waals surface area contributed by atoms with Gasteiger partial charge in [0.2, 0.25) is 0 Å². The third-order valence-electron chi connectivity index (χ3n) is 3.95. The molecule has 108 valence electrons. The molecular weight excluding hydrogens is 228 g/mol. The van der Waals surface area contributed by atoms with Crippen molar-refractivity contribution in [2.24, 2.45) is 0 Å². The van der Waals surface area contributed by atoms with Gasteiger partial charge in [0.05, 0.1) is 6.61 Å². The summed E-state index contributed by atoms with van der Waals surface area (Å²) >= 11 is 0. The summed E-state index contributed by atoms with van der Waals surface area (Å²) in [5.41, 5.74) is 0. The Morgan fingerprint density at radius 1 is 1.11 bits per heavy atom. The number of hydrogen-bond donors (Lipinski definition) is 1. The predicted molar refractivity (Wildman–Crippen MR) is 75.0 cm³/mol. The number of nitrogens with one attached hydrogen (secondary N) is 1. The highest BCUT2D eigenvalue weighted by molar-refractivity contribution is 4.83. The molecule has 18 heavy (non-hydrogen) atoms. The molecule has 0 bridgehead atoms. The molecule has 1 N–H and O–H groups in total. The van der Waals surface area contributed by atoms with Gasteiger partial charge in [0.15, 0.2) is 0 Å². The molecule has 4 nitrogen and oxygen atoms in total. The van der Waals surface area contributed by atoms with Crippen molar-refractivity contribution in [3.8, 4) is 0 Å². The zero-order valence-electron chi connectivity index (χ0n) is 12.3. The summed E-state index contributed by atoms with van der Waals surface area (Å²) in [4.78, 5) is 2.59. The van der Waals surface area contributed by atoms with Crippen LogP contribution in [0.2, 0.25) is 0 Å². The molecule has 0 aromatic heterocycles. The van der Waals surface area contributed by atoms with E-state index in [1.807, 2.05) is 0 Å². The third kappa shape index (κ3) is 5.65. The normalized spacial score (nSPS) is 24.7. The summed E-state index contributed by atoms with van der Waals surface area (Å²) in [6.07, 6.45) is 6.37. The number of hydrogen-bond acceptors (Lipinski definition) is 4. The zero-order chi connectivity index (χ0) is 13.2. The predicted octanol–water partition coefficient (Wildman–Crippen LogP) is 1.50. The molecular formula is C14H30N2O2. The highest BCUT2D eigenvalue weighted by Crippen LogP contribution is 2.23. The Morgan fingerprint density at radius 3 is 2.56 bits per heavy atom. The Labute approximate surface area is 112 Å². The van der Waals surface area contributed by atoms with E-state index in [9.17, 15) is 0 Å². The first-order valence-corrected chi connectivity index (χ1v) is 7.21. The fourth-order valence-corrected chi connectivity index (χ4v) is 2.86. The quantitative estimate of drug-likeness (QED) is 0.636. The maximum absolute atomic E-state index is 5.23. The van der Waals surface area contributed by atoms with E-state index in [2.05, 4.69) is 17.3 Å². The van der Waals surface area contributed by atoms with Crippen molar-refractivity contribution in [1.82, 2.24) is 10.2 Å². The van der Waals surface area contributed by atoms with Gasteiger partial charge in [-0.15, -0.1) is 0 Å². The number of methoxy groups -OCH3 is 2. The summed E-state index contributed by atoms with van der Waals surface area (Å²) < 4.78 is 10.4. The summed E-state index contributed by atoms with van der Waals surface area (Å²) in [5, 5.41) is 3.43. The van der Waals surface area contributed by atoms with Gasteiger partial charge in [-0.1, -0.05) is 6.42 Å². The van der Waals surface area contributed by atoms with Gasteiger partial charge in [0.1, 0.15) is 0 Å². The summed E-state index contributed by atoms with van der Waals surface area (Å²) in [7, 11) is 5.64. The lowest BCUT2D eigenvalue weighted by Crippen LogP contribution is -2.45. The van der Waals surface area contributed by atoms with Crippen LogP contribution in [-0.4, -0.2) is 64.6 Å². The Morgan fingerprint density at radius 2 is 1.89 bits per heavy atom. The van der Waals surface area contributed by atoms with Crippen LogP contribution in [0, 0.1) is 0 Å². The molecule has 2 unspecified atom stereocenters. The van der Waals surface area contributed by atoms with Crippen LogP contribution in [0.5, 0.6) is 0 Å². The monoisotopic (exact) mass is 258 g/mol. The molecule has 0 saturated heterocycles. The first-order valence-electron chi connectivity index (χ1n) is 7.21. The molecule has 0 spiro atoms. The molecule has 1 saturated carbocycles. The fraction of sp³-hybridized carbons (Fsp3) is 1.00. The van der Waals surface area contributed by atoms with E-state index >= 15 is 0 Å². The lowest BCUT2D eigenvalue weighted by molar-refractivity contribution is 0.0849. The maximum Gasteiger partial charge on any atom is 0.0589 e. The SMILES string of the molecule is CNC1CCCC(N(CCCOC)CCOC)C1. The Kier molecular flexibility index (Phi) is 8.59. The van der Waals surface area contributed by atoms with Crippen molar-refractivity contribution in [2.45, 2.75) is 44.2 Å². The van der Waals surface area contributed by atoms with E-state index < -0.39 is 0 Å². The second-order valence-electron chi connectivity index (χ2n) is 5.18. The van der Waals surface area contributed by atoms with E-state index in [0.29, 0.717) is 12.1 Å². The van der Waals surface area contributed by atoms with Crippen LogP contribution >= 0.6 is 0 Å². The van der Waals surface area contributed by atoms with Crippen molar-refractivity contribution in [2.75, 3.05) is 47.6 Å². The standard InChI is InChI=1S/C14H30N2O2/c1-15-13-6-4-7-14(12-13)16(9-11-18-3)8-5-10-17-2/h13-15H,4-12H2,1-3H3. The van der Waals surface area contributed by atoms with E-state index in [-0.39, 0.29) is 0 Å². The van der Waals surface area contributed by atoms with Gasteiger partial charge in [-0.05, 0) is 32.7 Å². The summed E-state index contributed by atoms with van der Waals surface area (Å²) in [6.45, 7) is 3.85. The first-order chi connectivity index (χ1) is 8.81. The van der Waals surface area contributed by atoms with Crippen molar-refractivity contribution < 1.29 is 9.47 Å². The van der Waals surface area contributed by atoms with E-state index in [1.54, 1.807) is 14.2 Å². The molecule has 2 atom stereocenters. The van der Waals surface area contributed by atoms with Gasteiger partial charge in [-0.25, -0.2) is 0 Å². The lowest BCUT2D eigenvalue weighted by atomic mass is 9.90. The lowest BCUT2D eigenvalue weighted by Gasteiger charge is -2.37. The van der Waals surface area contributed by atoms with Gasteiger partial charge in [0.25, 0.3) is 0 Å². The Bertz CT molecular complexity index is 202. The maximum atomic E-state index is 5.23. The second-order valence-corrected chi connectivity index (χ2v) is 5.18. The largest absolute Gasteiger partial charge is 0.385 e. The van der Waals surface area contributed by atoms with E-state index in [4.69, 9.17) is 9.47 Å². The van der Waals surface area contributed by atoms with E-state index in [1.165, 1.54) is 25.7 Å². The van der Waals surface area contributed by atoms with Crippen LogP contribution in [0.1, 0.15) is 32.1 Å². The second kappa shape index (κ2) is 9.73. The molecule has 0 aromatic carbocycles. The minimum atomic E-state index is 0.691. The highest BCUT2D eigenvalue weighted by atomic mass is 16.5. The van der Waals surface area contributed by atoms with Crippen LogP contribution < -0.4 is 5.32 Å². The smallest absolute Gasteiger partial charge is 0.0589 e. The zero-order valence-corrected chi connectivity index (χ0v) is 12.3. The molecule has 0 amide bonds. The third-order valence-corrected chi connectivity index (χ3v) is 3.95. The molecule has 0 aromatic rings. The van der Waals surface area contributed by atoms with Crippen LogP contribution in [-0.2, 0) is 9.47 Å². The molecule has 1 aliphatic carbocycles. The fourth-order valence-electron chi connectivity index (χ4n) is 2.86. The van der Waals surface area contributed by atoms with Crippen LogP contribution in [0.4, 0.5) is 0 Å². The van der Waals surface area contributed by atoms with Gasteiger partial charge < -0.3 is 14.8 Å². The molecule has 4 heteroatoms. The average molecular weight is 258 g/mol. The first kappa shape index (κ1) is 15.9. The summed E-state index contributed by atoms with van der Waals surface area (Å²) in [5.74, 6) is 0. The molecule has 0 aliphatic heterocycles. The number of nitrogens with zero attached hydrogens (tertiary/aromatic N) is 1. The minimum Gasteiger partial charge on any atom is -0.385 e. The molecule has 0 heterocycles. The Hall–Kier alpha value is -0.160. The topological polar surface area (TPSA) is 33.7 Å². The van der Waals surface area contributed by atoms with Gasteiger partial charge in [-0.2, -0.15) is 0 Å². The van der Waals surface area contributed by atoms with Crippen LogP contribution in [0.3, 0.4) is 0 Å². The van der Waals surface area contributed by atoms with Crippen LogP contribution in [0.15, 0.2) is 0 Å². The van der Waals surface area contributed by atoms with Crippen molar-refractivity contribution >= 4 is 0 Å². The van der Waals surface area contributed by atoms with Crippen molar-refractivity contribution in [3.63, 3.8) is 0 Å². The van der Waals surface area contributed by atoms with Crippen molar-refractivity contribution in [3.05, 3.63) is 0 Å². The Balaban J connectivity index is 2.40. The molecule has 1 aliphatic rings. The molecule has 1 fully saturated rings. The highest BCUT2D eigenvalue weighted by Gasteiger charge is 2.25. The van der Waals surface area contributed by atoms with Gasteiger partial charge in [0, 0.05) is 46.0 Å².